The molecule has 0 aliphatic heterocycles. The van der Waals surface area contributed by atoms with Gasteiger partial charge < -0.3 is 4.90 Å². The van der Waals surface area contributed by atoms with Crippen LogP contribution in [0.4, 0.5) is 4.79 Å². The van der Waals surface area contributed by atoms with E-state index >= 15 is 0 Å². The van der Waals surface area contributed by atoms with Crippen molar-refractivity contribution in [3.05, 3.63) is 0 Å². The molecule has 0 aliphatic rings. The Kier molecular flexibility index (Phi) is 7.26. The van der Waals surface area contributed by atoms with Gasteiger partial charge in [-0.15, -0.1) is 0 Å². The molecule has 0 aliphatic carbocycles. The van der Waals surface area contributed by atoms with E-state index in [2.05, 4.69) is 18.8 Å². The van der Waals surface area contributed by atoms with Crippen molar-refractivity contribution in [1.29, 1.82) is 0 Å². The molecule has 0 rings (SSSR count). The molecule has 0 aromatic heterocycles. The molecule has 0 saturated heterocycles. The molecule has 0 radical (unpaired) electrons. The molecule has 2 amide bonds. The van der Waals surface area contributed by atoms with Crippen molar-refractivity contribution in [2.24, 2.45) is 4.99 Å². The fourth-order valence-electron chi connectivity index (χ4n) is 1.09. The highest BCUT2D eigenvalue weighted by Crippen LogP contribution is 1.97. The van der Waals surface area contributed by atoms with Gasteiger partial charge in [-0.05, 0) is 19.3 Å². The number of amides is 2. The highest BCUT2D eigenvalue weighted by atomic mass is 16.2. The third-order valence-electron chi connectivity index (χ3n) is 1.64. The number of hydrogen-bond acceptors (Lipinski definition) is 1. The standard InChI is InChI=1S/C10H20N2O/c1-4-7-11-10(13)12(8-5-2)9-6-3/h7H,4-6,8-9H2,1-3H3/b11-7+. The minimum absolute atomic E-state index is 0.0921. The fraction of sp³-hybridized carbons (Fsp3) is 0.800. The van der Waals surface area contributed by atoms with Crippen LogP contribution in [0.15, 0.2) is 4.99 Å². The van der Waals surface area contributed by atoms with Gasteiger partial charge in [0, 0.05) is 19.3 Å². The summed E-state index contributed by atoms with van der Waals surface area (Å²) < 4.78 is 0. The molecule has 0 heterocycles. The number of aliphatic imine (C=N–C) groups is 1. The molecule has 76 valence electrons. The summed E-state index contributed by atoms with van der Waals surface area (Å²) in [4.78, 5) is 17.0. The monoisotopic (exact) mass is 184 g/mol. The minimum atomic E-state index is -0.0921. The molecule has 3 nitrogen and oxygen atoms in total. The van der Waals surface area contributed by atoms with Gasteiger partial charge in [0.25, 0.3) is 0 Å². The molecule has 0 spiro atoms. The van der Waals surface area contributed by atoms with Gasteiger partial charge >= 0.3 is 6.03 Å². The van der Waals surface area contributed by atoms with Crippen molar-refractivity contribution < 1.29 is 4.79 Å². The molecule has 0 atom stereocenters. The summed E-state index contributed by atoms with van der Waals surface area (Å²) in [5.41, 5.74) is 0. The Hall–Kier alpha value is -0.860. The predicted octanol–water partition coefficient (Wildman–Crippen LogP) is 2.71. The van der Waals surface area contributed by atoms with E-state index in [4.69, 9.17) is 0 Å². The van der Waals surface area contributed by atoms with E-state index in [0.29, 0.717) is 0 Å². The van der Waals surface area contributed by atoms with Crippen molar-refractivity contribution in [1.82, 2.24) is 4.90 Å². The topological polar surface area (TPSA) is 32.7 Å². The predicted molar refractivity (Wildman–Crippen MR) is 56.3 cm³/mol. The lowest BCUT2D eigenvalue weighted by Crippen LogP contribution is -2.30. The third kappa shape index (κ3) is 5.39. The molecular weight excluding hydrogens is 164 g/mol. The van der Waals surface area contributed by atoms with Crippen LogP contribution >= 0.6 is 0 Å². The van der Waals surface area contributed by atoms with Crippen LogP contribution in [-0.2, 0) is 0 Å². The first kappa shape index (κ1) is 12.1. The maximum absolute atomic E-state index is 11.4. The number of carbonyl (C=O) groups excluding carboxylic acids is 1. The Balaban J connectivity index is 4.02. The Morgan fingerprint density at radius 3 is 2.15 bits per heavy atom. The van der Waals surface area contributed by atoms with Gasteiger partial charge in [0.2, 0.25) is 0 Å². The van der Waals surface area contributed by atoms with Crippen LogP contribution in [0.2, 0.25) is 0 Å². The van der Waals surface area contributed by atoms with E-state index in [1.807, 2.05) is 6.92 Å². The van der Waals surface area contributed by atoms with Crippen molar-refractivity contribution in [2.75, 3.05) is 13.1 Å². The molecule has 0 fully saturated rings. The number of carbonyl (C=O) groups is 1. The van der Waals surface area contributed by atoms with Crippen LogP contribution in [0.3, 0.4) is 0 Å². The summed E-state index contributed by atoms with van der Waals surface area (Å²) in [7, 11) is 0. The van der Waals surface area contributed by atoms with Crippen molar-refractivity contribution in [3.63, 3.8) is 0 Å². The van der Waals surface area contributed by atoms with Gasteiger partial charge in [-0.2, -0.15) is 0 Å². The van der Waals surface area contributed by atoms with E-state index in [1.165, 1.54) is 0 Å². The van der Waals surface area contributed by atoms with Crippen LogP contribution in [-0.4, -0.2) is 30.2 Å². The van der Waals surface area contributed by atoms with Gasteiger partial charge in [-0.25, -0.2) is 9.79 Å². The number of nitrogens with zero attached hydrogens (tertiary/aromatic N) is 2. The minimum Gasteiger partial charge on any atom is -0.323 e. The zero-order chi connectivity index (χ0) is 10.1. The molecule has 0 saturated carbocycles. The van der Waals surface area contributed by atoms with Gasteiger partial charge in [-0.1, -0.05) is 20.8 Å². The first-order valence-corrected chi connectivity index (χ1v) is 5.07. The van der Waals surface area contributed by atoms with Crippen LogP contribution in [0.1, 0.15) is 40.0 Å². The second-order valence-electron chi connectivity index (χ2n) is 2.99. The normalized spacial score (nSPS) is 10.7. The van der Waals surface area contributed by atoms with E-state index in [-0.39, 0.29) is 6.03 Å². The lowest BCUT2D eigenvalue weighted by Gasteiger charge is -2.18. The van der Waals surface area contributed by atoms with Crippen LogP contribution in [0.25, 0.3) is 0 Å². The Bertz CT molecular complexity index is 160. The molecule has 0 N–H and O–H groups in total. The van der Waals surface area contributed by atoms with Crippen molar-refractivity contribution >= 4 is 12.2 Å². The van der Waals surface area contributed by atoms with Crippen molar-refractivity contribution in [3.8, 4) is 0 Å². The molecule has 0 bridgehead atoms. The SMILES string of the molecule is CC/C=N/C(=O)N(CCC)CCC. The zero-order valence-electron chi connectivity index (χ0n) is 8.92. The summed E-state index contributed by atoms with van der Waals surface area (Å²) >= 11 is 0. The quantitative estimate of drug-likeness (QED) is 0.605. The number of rotatable bonds is 5. The van der Waals surface area contributed by atoms with E-state index in [1.54, 1.807) is 11.1 Å². The van der Waals surface area contributed by atoms with Gasteiger partial charge in [-0.3, -0.25) is 0 Å². The maximum Gasteiger partial charge on any atom is 0.343 e. The van der Waals surface area contributed by atoms with Crippen LogP contribution < -0.4 is 0 Å². The van der Waals surface area contributed by atoms with E-state index in [9.17, 15) is 4.79 Å². The smallest absolute Gasteiger partial charge is 0.323 e. The highest BCUT2D eigenvalue weighted by Gasteiger charge is 2.08. The summed E-state index contributed by atoms with van der Waals surface area (Å²) in [6.45, 7) is 7.74. The summed E-state index contributed by atoms with van der Waals surface area (Å²) in [5.74, 6) is 0. The third-order valence-corrected chi connectivity index (χ3v) is 1.64. The molecule has 0 aromatic rings. The first-order chi connectivity index (χ1) is 6.26. The fourth-order valence-corrected chi connectivity index (χ4v) is 1.09. The molecule has 13 heavy (non-hydrogen) atoms. The second kappa shape index (κ2) is 7.77. The van der Waals surface area contributed by atoms with Gasteiger partial charge in [0.1, 0.15) is 0 Å². The van der Waals surface area contributed by atoms with Crippen LogP contribution in [0.5, 0.6) is 0 Å². The highest BCUT2D eigenvalue weighted by molar-refractivity contribution is 5.83. The Morgan fingerprint density at radius 2 is 1.77 bits per heavy atom. The molecule has 0 aromatic carbocycles. The average Bonchev–Trinajstić information content (AvgIpc) is 2.14. The van der Waals surface area contributed by atoms with E-state index in [0.717, 1.165) is 32.4 Å². The zero-order valence-corrected chi connectivity index (χ0v) is 8.92. The Labute approximate surface area is 80.8 Å². The summed E-state index contributed by atoms with van der Waals surface area (Å²) in [6, 6.07) is -0.0921. The van der Waals surface area contributed by atoms with Crippen LogP contribution in [0, 0.1) is 0 Å². The van der Waals surface area contributed by atoms with Gasteiger partial charge in [0.15, 0.2) is 0 Å². The average molecular weight is 184 g/mol. The first-order valence-electron chi connectivity index (χ1n) is 5.07. The summed E-state index contributed by atoms with van der Waals surface area (Å²) in [6.07, 6.45) is 4.47. The molecule has 3 heteroatoms. The number of urea groups is 1. The second-order valence-corrected chi connectivity index (χ2v) is 2.99. The van der Waals surface area contributed by atoms with E-state index < -0.39 is 0 Å². The maximum atomic E-state index is 11.4. The van der Waals surface area contributed by atoms with Gasteiger partial charge in [0.05, 0.1) is 0 Å². The summed E-state index contributed by atoms with van der Waals surface area (Å²) in [5, 5.41) is 0. The molecule has 0 unspecified atom stereocenters. The molecular formula is C10H20N2O. The lowest BCUT2D eigenvalue weighted by molar-refractivity contribution is 0.208. The largest absolute Gasteiger partial charge is 0.343 e. The van der Waals surface area contributed by atoms with Crippen molar-refractivity contribution in [2.45, 2.75) is 40.0 Å². The number of hydrogen-bond donors (Lipinski definition) is 0. The lowest BCUT2D eigenvalue weighted by atomic mass is 10.4. The Morgan fingerprint density at radius 1 is 1.23 bits per heavy atom.